The van der Waals surface area contributed by atoms with Crippen molar-refractivity contribution in [2.24, 2.45) is 0 Å². The molecule has 5 heteroatoms. The summed E-state index contributed by atoms with van der Waals surface area (Å²) in [5.74, 6) is 0.777. The van der Waals surface area contributed by atoms with E-state index in [0.717, 1.165) is 18.6 Å². The van der Waals surface area contributed by atoms with Gasteiger partial charge in [-0.2, -0.15) is 0 Å². The Morgan fingerprint density at radius 1 is 1.53 bits per heavy atom. The fourth-order valence-electron chi connectivity index (χ4n) is 2.24. The fraction of sp³-hybridized carbons (Fsp3) is 0.571. The van der Waals surface area contributed by atoms with Gasteiger partial charge in [-0.05, 0) is 31.9 Å². The van der Waals surface area contributed by atoms with Gasteiger partial charge < -0.3 is 14.2 Å². The van der Waals surface area contributed by atoms with E-state index in [1.165, 1.54) is 0 Å². The van der Waals surface area contributed by atoms with Gasteiger partial charge in [-0.1, -0.05) is 0 Å². The third-order valence-corrected chi connectivity index (χ3v) is 3.68. The molecule has 1 saturated heterocycles. The van der Waals surface area contributed by atoms with Crippen LogP contribution in [0.25, 0.3) is 0 Å². The Bertz CT molecular complexity index is 442. The first kappa shape index (κ1) is 13.6. The molecule has 1 aliphatic heterocycles. The zero-order chi connectivity index (χ0) is 13.8. The van der Waals surface area contributed by atoms with Crippen LogP contribution >= 0.6 is 0 Å². The van der Waals surface area contributed by atoms with Crippen LogP contribution < -0.4 is 0 Å². The first-order valence-electron chi connectivity index (χ1n) is 6.66. The number of furan rings is 1. The van der Waals surface area contributed by atoms with Crippen LogP contribution in [0.4, 0.5) is 0 Å². The molecule has 2 amide bonds. The van der Waals surface area contributed by atoms with Crippen molar-refractivity contribution < 1.29 is 14.0 Å². The second-order valence-electron chi connectivity index (χ2n) is 4.97. The summed E-state index contributed by atoms with van der Waals surface area (Å²) in [6, 6.07) is 3.53. The Balaban J connectivity index is 1.93. The lowest BCUT2D eigenvalue weighted by Crippen LogP contribution is -2.44. The summed E-state index contributed by atoms with van der Waals surface area (Å²) in [4.78, 5) is 27.1. The van der Waals surface area contributed by atoms with Gasteiger partial charge in [0.05, 0.1) is 18.8 Å². The summed E-state index contributed by atoms with van der Waals surface area (Å²) in [7, 11) is 1.74. The highest BCUT2D eigenvalue weighted by molar-refractivity contribution is 5.85. The van der Waals surface area contributed by atoms with Gasteiger partial charge in [-0.15, -0.1) is 0 Å². The van der Waals surface area contributed by atoms with Crippen LogP contribution in [-0.2, 0) is 9.59 Å². The molecule has 0 N–H and O–H groups in total. The molecule has 1 aromatic heterocycles. The second kappa shape index (κ2) is 5.91. The maximum Gasteiger partial charge on any atom is 0.242 e. The van der Waals surface area contributed by atoms with Gasteiger partial charge in [0.1, 0.15) is 5.76 Å². The number of nitrogens with zero attached hydrogens (tertiary/aromatic N) is 2. The summed E-state index contributed by atoms with van der Waals surface area (Å²) < 4.78 is 5.30. The molecule has 0 saturated carbocycles. The first-order chi connectivity index (χ1) is 9.09. The van der Waals surface area contributed by atoms with Gasteiger partial charge in [0.15, 0.2) is 0 Å². The quantitative estimate of drug-likeness (QED) is 0.833. The molecule has 1 atom stereocenters. The highest BCUT2D eigenvalue weighted by Crippen LogP contribution is 2.19. The molecule has 0 aromatic carbocycles. The molecular formula is C14H20N2O3. The smallest absolute Gasteiger partial charge is 0.242 e. The van der Waals surface area contributed by atoms with Crippen LogP contribution in [0, 0.1) is 0 Å². The van der Waals surface area contributed by atoms with Crippen LogP contribution in [0.3, 0.4) is 0 Å². The van der Waals surface area contributed by atoms with E-state index in [4.69, 9.17) is 4.42 Å². The Morgan fingerprint density at radius 2 is 2.32 bits per heavy atom. The van der Waals surface area contributed by atoms with Gasteiger partial charge in [0.2, 0.25) is 11.8 Å². The second-order valence-corrected chi connectivity index (χ2v) is 4.97. The summed E-state index contributed by atoms with van der Waals surface area (Å²) in [5, 5.41) is 0. The number of likely N-dealkylation sites (tertiary alicyclic amines) is 1. The van der Waals surface area contributed by atoms with Gasteiger partial charge in [0.25, 0.3) is 0 Å². The van der Waals surface area contributed by atoms with Gasteiger partial charge in [-0.25, -0.2) is 0 Å². The molecule has 0 aliphatic carbocycles. The van der Waals surface area contributed by atoms with E-state index in [2.05, 4.69) is 0 Å². The van der Waals surface area contributed by atoms with Crippen molar-refractivity contribution in [3.05, 3.63) is 24.2 Å². The SMILES string of the molecule is CC(c1ccco1)N(C)C(=O)CN1CCCCC1=O. The lowest BCUT2D eigenvalue weighted by atomic mass is 10.1. The van der Waals surface area contributed by atoms with Crippen molar-refractivity contribution in [3.8, 4) is 0 Å². The largest absolute Gasteiger partial charge is 0.467 e. The molecule has 104 valence electrons. The van der Waals surface area contributed by atoms with Crippen LogP contribution in [0.2, 0.25) is 0 Å². The zero-order valence-corrected chi connectivity index (χ0v) is 11.5. The lowest BCUT2D eigenvalue weighted by molar-refractivity contribution is -0.142. The minimum absolute atomic E-state index is 0.0563. The van der Waals surface area contributed by atoms with Crippen LogP contribution in [0.15, 0.2) is 22.8 Å². The predicted molar refractivity (Wildman–Crippen MR) is 70.3 cm³/mol. The number of hydrogen-bond donors (Lipinski definition) is 0. The predicted octanol–water partition coefficient (Wildman–Crippen LogP) is 1.81. The van der Waals surface area contributed by atoms with Crippen molar-refractivity contribution in [2.45, 2.75) is 32.2 Å². The summed E-state index contributed by atoms with van der Waals surface area (Å²) >= 11 is 0. The number of piperidine rings is 1. The molecule has 0 spiro atoms. The summed E-state index contributed by atoms with van der Waals surface area (Å²) in [6.07, 6.45) is 4.07. The number of carbonyl (C=O) groups excluding carboxylic acids is 2. The van der Waals surface area contributed by atoms with Crippen molar-refractivity contribution in [2.75, 3.05) is 20.1 Å². The number of carbonyl (C=O) groups is 2. The maximum absolute atomic E-state index is 12.2. The highest BCUT2D eigenvalue weighted by Gasteiger charge is 2.25. The standard InChI is InChI=1S/C14H20N2O3/c1-11(12-6-5-9-19-12)15(2)14(18)10-16-8-4-3-7-13(16)17/h5-6,9,11H,3-4,7-8,10H2,1-2H3. The number of likely N-dealkylation sites (N-methyl/N-ethyl adjacent to an activating group) is 1. The van der Waals surface area contributed by atoms with E-state index in [-0.39, 0.29) is 24.4 Å². The molecular weight excluding hydrogens is 244 g/mol. The summed E-state index contributed by atoms with van der Waals surface area (Å²) in [5.41, 5.74) is 0. The average molecular weight is 264 g/mol. The normalized spacial score (nSPS) is 17.4. The van der Waals surface area contributed by atoms with Crippen LogP contribution in [-0.4, -0.2) is 41.8 Å². The molecule has 5 nitrogen and oxygen atoms in total. The molecule has 19 heavy (non-hydrogen) atoms. The van der Waals surface area contributed by atoms with E-state index in [1.807, 2.05) is 13.0 Å². The molecule has 1 aliphatic rings. The molecule has 2 heterocycles. The zero-order valence-electron chi connectivity index (χ0n) is 11.5. The van der Waals surface area contributed by atoms with E-state index in [1.54, 1.807) is 29.2 Å². The Kier molecular flexibility index (Phi) is 4.24. The Labute approximate surface area is 113 Å². The van der Waals surface area contributed by atoms with Crippen molar-refractivity contribution in [1.82, 2.24) is 9.80 Å². The molecule has 0 bridgehead atoms. The van der Waals surface area contributed by atoms with Gasteiger partial charge in [0, 0.05) is 20.0 Å². The number of rotatable bonds is 4. The maximum atomic E-state index is 12.2. The number of amides is 2. The van der Waals surface area contributed by atoms with E-state index in [0.29, 0.717) is 13.0 Å². The molecule has 1 aromatic rings. The van der Waals surface area contributed by atoms with E-state index >= 15 is 0 Å². The average Bonchev–Trinajstić information content (AvgIpc) is 2.93. The van der Waals surface area contributed by atoms with Crippen LogP contribution in [0.5, 0.6) is 0 Å². The van der Waals surface area contributed by atoms with Crippen LogP contribution in [0.1, 0.15) is 38.0 Å². The Morgan fingerprint density at radius 3 is 2.95 bits per heavy atom. The minimum atomic E-state index is -0.123. The minimum Gasteiger partial charge on any atom is -0.467 e. The van der Waals surface area contributed by atoms with Crippen molar-refractivity contribution in [1.29, 1.82) is 0 Å². The molecule has 0 radical (unpaired) electrons. The highest BCUT2D eigenvalue weighted by atomic mass is 16.3. The molecule has 1 fully saturated rings. The monoisotopic (exact) mass is 264 g/mol. The lowest BCUT2D eigenvalue weighted by Gasteiger charge is -2.30. The topological polar surface area (TPSA) is 53.8 Å². The molecule has 1 unspecified atom stereocenters. The Hall–Kier alpha value is -1.78. The van der Waals surface area contributed by atoms with Crippen molar-refractivity contribution in [3.63, 3.8) is 0 Å². The van der Waals surface area contributed by atoms with Crippen molar-refractivity contribution >= 4 is 11.8 Å². The number of hydrogen-bond acceptors (Lipinski definition) is 3. The third-order valence-electron chi connectivity index (χ3n) is 3.68. The van der Waals surface area contributed by atoms with Gasteiger partial charge in [-0.3, -0.25) is 9.59 Å². The third kappa shape index (κ3) is 3.16. The summed E-state index contributed by atoms with van der Waals surface area (Å²) in [6.45, 7) is 2.77. The van der Waals surface area contributed by atoms with E-state index in [9.17, 15) is 9.59 Å². The van der Waals surface area contributed by atoms with E-state index < -0.39 is 0 Å². The molecule has 2 rings (SSSR count). The fourth-order valence-corrected chi connectivity index (χ4v) is 2.24. The van der Waals surface area contributed by atoms with Gasteiger partial charge >= 0.3 is 0 Å². The first-order valence-corrected chi connectivity index (χ1v) is 6.66.